The van der Waals surface area contributed by atoms with Gasteiger partial charge in [0, 0.05) is 13.2 Å². The molecule has 2 aliphatic rings. The van der Waals surface area contributed by atoms with Crippen LogP contribution in [0.4, 0.5) is 4.79 Å². The molecule has 0 aromatic rings. The second-order valence-corrected chi connectivity index (χ2v) is 9.76. The van der Waals surface area contributed by atoms with E-state index in [0.717, 1.165) is 32.1 Å². The Morgan fingerprint density at radius 2 is 1.97 bits per heavy atom. The molecule has 1 saturated heterocycles. The molecule has 0 bridgehead atoms. The Hall–Kier alpha value is -1.33. The summed E-state index contributed by atoms with van der Waals surface area (Å²) < 4.78 is 17.0. The van der Waals surface area contributed by atoms with Crippen molar-refractivity contribution in [3.63, 3.8) is 0 Å². The molecule has 5 nitrogen and oxygen atoms in total. The molecular formula is C25H43NO4. The van der Waals surface area contributed by atoms with Gasteiger partial charge >= 0.3 is 6.09 Å². The van der Waals surface area contributed by atoms with E-state index in [0.29, 0.717) is 11.8 Å². The summed E-state index contributed by atoms with van der Waals surface area (Å²) in [7, 11) is 1.64. The highest BCUT2D eigenvalue weighted by Crippen LogP contribution is 2.43. The maximum atomic E-state index is 13.2. The summed E-state index contributed by atoms with van der Waals surface area (Å²) in [4.78, 5) is 15.1. The van der Waals surface area contributed by atoms with E-state index in [2.05, 4.69) is 38.2 Å². The van der Waals surface area contributed by atoms with Crippen LogP contribution < -0.4 is 0 Å². The van der Waals surface area contributed by atoms with Crippen LogP contribution in [0.25, 0.3) is 0 Å². The summed E-state index contributed by atoms with van der Waals surface area (Å²) in [6.07, 6.45) is 16.6. The maximum Gasteiger partial charge on any atom is 0.410 e. The first-order chi connectivity index (χ1) is 14.3. The van der Waals surface area contributed by atoms with E-state index in [1.165, 1.54) is 12.8 Å². The van der Waals surface area contributed by atoms with Crippen LogP contribution in [0, 0.1) is 11.8 Å². The molecule has 5 atom stereocenters. The predicted molar refractivity (Wildman–Crippen MR) is 121 cm³/mol. The minimum atomic E-state index is -0.510. The van der Waals surface area contributed by atoms with E-state index in [9.17, 15) is 4.79 Å². The highest BCUT2D eigenvalue weighted by molar-refractivity contribution is 5.69. The van der Waals surface area contributed by atoms with Gasteiger partial charge in [-0.3, -0.25) is 4.90 Å². The van der Waals surface area contributed by atoms with Gasteiger partial charge in [0.2, 0.25) is 0 Å². The standard InChI is InChI=1S/C25H43NO4/c1-7-8-9-10-11-12-14-20-15-13-16-22-21(20)17-23(29-18-28-6)19(2)26(22)24(27)30-25(3,4)5/h10-12,14,19-23H,7-9,13,15-18H2,1-6H3/b11-10+,14-12+/t19-,20+,21-,22+,23-/m0/s1. The van der Waals surface area contributed by atoms with Crippen molar-refractivity contribution in [3.05, 3.63) is 24.3 Å². The molecule has 1 heterocycles. The number of fused-ring (bicyclic) bond motifs is 1. The van der Waals surface area contributed by atoms with E-state index < -0.39 is 5.60 Å². The SMILES string of the molecule is CCCC/C=C/C=C/[C@@H]1CCC[C@@H]2[C@H]1C[C@H](OCOC)[C@H](C)N2C(=O)OC(C)(C)C. The summed E-state index contributed by atoms with van der Waals surface area (Å²) in [5.74, 6) is 0.829. The van der Waals surface area contributed by atoms with Gasteiger partial charge in [-0.25, -0.2) is 4.79 Å². The normalized spacial score (nSPS) is 30.1. The molecule has 0 aromatic heterocycles. The summed E-state index contributed by atoms with van der Waals surface area (Å²) in [5, 5.41) is 0. The fraction of sp³-hybridized carbons (Fsp3) is 0.800. The Labute approximate surface area is 183 Å². The zero-order chi connectivity index (χ0) is 22.1. The Kier molecular flexibility index (Phi) is 9.89. The first-order valence-corrected chi connectivity index (χ1v) is 11.7. The average molecular weight is 422 g/mol. The summed E-state index contributed by atoms with van der Waals surface area (Å²) in [5.41, 5.74) is -0.510. The third kappa shape index (κ3) is 7.12. The van der Waals surface area contributed by atoms with Gasteiger partial charge in [0.1, 0.15) is 12.4 Å². The van der Waals surface area contributed by atoms with Crippen molar-refractivity contribution in [2.24, 2.45) is 11.8 Å². The third-order valence-electron chi connectivity index (χ3n) is 6.25. The minimum absolute atomic E-state index is 0.0343. The number of likely N-dealkylation sites (tertiary alicyclic amines) is 1. The Bertz CT molecular complexity index is 580. The highest BCUT2D eigenvalue weighted by Gasteiger charge is 2.48. The molecule has 2 rings (SSSR count). The number of hydrogen-bond acceptors (Lipinski definition) is 4. The zero-order valence-corrected chi connectivity index (χ0v) is 19.9. The lowest BCUT2D eigenvalue weighted by atomic mass is 9.69. The van der Waals surface area contributed by atoms with Gasteiger partial charge in [-0.15, -0.1) is 0 Å². The van der Waals surface area contributed by atoms with Crippen molar-refractivity contribution in [2.75, 3.05) is 13.9 Å². The lowest BCUT2D eigenvalue weighted by Gasteiger charge is -2.52. The zero-order valence-electron chi connectivity index (χ0n) is 19.9. The number of rotatable bonds is 8. The predicted octanol–water partition coefficient (Wildman–Crippen LogP) is 6.09. The number of unbranched alkanes of at least 4 members (excludes halogenated alkanes) is 2. The molecule has 172 valence electrons. The van der Waals surface area contributed by atoms with Crippen molar-refractivity contribution >= 4 is 6.09 Å². The number of methoxy groups -OCH3 is 1. The number of carbonyl (C=O) groups excluding carboxylic acids is 1. The second-order valence-electron chi connectivity index (χ2n) is 9.76. The molecular weight excluding hydrogens is 378 g/mol. The van der Waals surface area contributed by atoms with Crippen LogP contribution in [-0.4, -0.2) is 48.7 Å². The Morgan fingerprint density at radius 3 is 2.63 bits per heavy atom. The van der Waals surface area contributed by atoms with Gasteiger partial charge in [-0.05, 0) is 65.2 Å². The first-order valence-electron chi connectivity index (χ1n) is 11.7. The molecule has 1 saturated carbocycles. The number of allylic oxidation sites excluding steroid dienone is 4. The lowest BCUT2D eigenvalue weighted by molar-refractivity contribution is -0.140. The second kappa shape index (κ2) is 11.9. The van der Waals surface area contributed by atoms with Gasteiger partial charge in [-0.2, -0.15) is 0 Å². The summed E-state index contributed by atoms with van der Waals surface area (Å²) in [6, 6.07) is 0.164. The van der Waals surface area contributed by atoms with Gasteiger partial charge in [0.25, 0.3) is 0 Å². The minimum Gasteiger partial charge on any atom is -0.444 e. The molecule has 0 aromatic carbocycles. The van der Waals surface area contributed by atoms with Crippen molar-refractivity contribution in [2.45, 2.75) is 103 Å². The largest absolute Gasteiger partial charge is 0.444 e. The molecule has 0 radical (unpaired) electrons. The number of ether oxygens (including phenoxy) is 3. The molecule has 2 fully saturated rings. The van der Waals surface area contributed by atoms with Crippen LogP contribution >= 0.6 is 0 Å². The van der Waals surface area contributed by atoms with Gasteiger partial charge in [-0.1, -0.05) is 50.5 Å². The van der Waals surface area contributed by atoms with Gasteiger partial charge in [0.05, 0.1) is 12.1 Å². The Balaban J connectivity index is 2.19. The molecule has 5 heteroatoms. The average Bonchev–Trinajstić information content (AvgIpc) is 2.67. The lowest BCUT2D eigenvalue weighted by Crippen LogP contribution is -2.61. The fourth-order valence-electron chi connectivity index (χ4n) is 4.82. The van der Waals surface area contributed by atoms with Crippen molar-refractivity contribution < 1.29 is 19.0 Å². The first kappa shape index (κ1) is 24.9. The molecule has 30 heavy (non-hydrogen) atoms. The fourth-order valence-corrected chi connectivity index (χ4v) is 4.82. The van der Waals surface area contributed by atoms with Crippen molar-refractivity contribution in [1.29, 1.82) is 0 Å². The van der Waals surface area contributed by atoms with E-state index in [1.807, 2.05) is 25.7 Å². The molecule has 0 N–H and O–H groups in total. The van der Waals surface area contributed by atoms with Crippen LogP contribution in [0.3, 0.4) is 0 Å². The number of carbonyl (C=O) groups is 1. The monoisotopic (exact) mass is 421 g/mol. The topological polar surface area (TPSA) is 48.0 Å². The number of piperidine rings is 1. The van der Waals surface area contributed by atoms with Crippen molar-refractivity contribution in [1.82, 2.24) is 4.90 Å². The highest BCUT2D eigenvalue weighted by atomic mass is 16.7. The number of nitrogens with zero attached hydrogens (tertiary/aromatic N) is 1. The van der Waals surface area contributed by atoms with Crippen molar-refractivity contribution in [3.8, 4) is 0 Å². The maximum absolute atomic E-state index is 13.2. The smallest absolute Gasteiger partial charge is 0.410 e. The van der Waals surface area contributed by atoms with Gasteiger partial charge < -0.3 is 14.2 Å². The molecule has 1 aliphatic carbocycles. The summed E-state index contributed by atoms with van der Waals surface area (Å²) in [6.45, 7) is 10.3. The van der Waals surface area contributed by atoms with Crippen LogP contribution in [0.5, 0.6) is 0 Å². The van der Waals surface area contributed by atoms with Crippen LogP contribution in [0.15, 0.2) is 24.3 Å². The molecule has 1 aliphatic heterocycles. The van der Waals surface area contributed by atoms with E-state index in [-0.39, 0.29) is 31.1 Å². The molecule has 0 spiro atoms. The van der Waals surface area contributed by atoms with Crippen LogP contribution in [0.1, 0.15) is 79.6 Å². The summed E-state index contributed by atoms with van der Waals surface area (Å²) >= 11 is 0. The van der Waals surface area contributed by atoms with E-state index >= 15 is 0 Å². The Morgan fingerprint density at radius 1 is 1.20 bits per heavy atom. The molecule has 1 amide bonds. The quantitative estimate of drug-likeness (QED) is 0.270. The number of hydrogen-bond donors (Lipinski definition) is 0. The third-order valence-corrected chi connectivity index (χ3v) is 6.25. The molecule has 0 unspecified atom stereocenters. The van der Waals surface area contributed by atoms with Crippen LogP contribution in [-0.2, 0) is 14.2 Å². The van der Waals surface area contributed by atoms with Gasteiger partial charge in [0.15, 0.2) is 0 Å². The number of amides is 1. The van der Waals surface area contributed by atoms with E-state index in [4.69, 9.17) is 14.2 Å². The van der Waals surface area contributed by atoms with Crippen LogP contribution in [0.2, 0.25) is 0 Å². The van der Waals surface area contributed by atoms with E-state index in [1.54, 1.807) is 7.11 Å².